The van der Waals surface area contributed by atoms with Crippen molar-refractivity contribution in [2.24, 2.45) is 0 Å². The first-order valence-corrected chi connectivity index (χ1v) is 7.09. The second-order valence-corrected chi connectivity index (χ2v) is 5.32. The van der Waals surface area contributed by atoms with Crippen LogP contribution in [0.15, 0.2) is 29.1 Å². The monoisotopic (exact) mass is 269 g/mol. The van der Waals surface area contributed by atoms with Crippen LogP contribution < -0.4 is 5.56 Å². The van der Waals surface area contributed by atoms with E-state index < -0.39 is 0 Å². The molecule has 20 heavy (non-hydrogen) atoms. The van der Waals surface area contributed by atoms with Crippen molar-refractivity contribution in [2.75, 3.05) is 13.1 Å². The number of aromatic amines is 1. The van der Waals surface area contributed by atoms with Gasteiger partial charge < -0.3 is 4.98 Å². The highest BCUT2D eigenvalue weighted by molar-refractivity contribution is 5.55. The highest BCUT2D eigenvalue weighted by Crippen LogP contribution is 2.18. The summed E-state index contributed by atoms with van der Waals surface area (Å²) in [6.45, 7) is 6.89. The molecular weight excluding hydrogens is 250 g/mol. The lowest BCUT2D eigenvalue weighted by atomic mass is 10.1. The summed E-state index contributed by atoms with van der Waals surface area (Å²) >= 11 is 0. The molecule has 4 heteroatoms. The molecule has 0 radical (unpaired) electrons. The van der Waals surface area contributed by atoms with E-state index in [-0.39, 0.29) is 5.56 Å². The maximum Gasteiger partial charge on any atom is 0.254 e. The lowest BCUT2D eigenvalue weighted by Gasteiger charge is -2.26. The van der Waals surface area contributed by atoms with Crippen LogP contribution in [-0.4, -0.2) is 28.0 Å². The largest absolute Gasteiger partial charge is 0.306 e. The second kappa shape index (κ2) is 5.21. The van der Waals surface area contributed by atoms with Crippen molar-refractivity contribution in [1.29, 1.82) is 0 Å². The summed E-state index contributed by atoms with van der Waals surface area (Å²) in [5.41, 5.74) is 3.96. The molecule has 0 fully saturated rings. The summed E-state index contributed by atoms with van der Waals surface area (Å²) in [5, 5.41) is 0. The zero-order valence-corrected chi connectivity index (χ0v) is 11.9. The van der Waals surface area contributed by atoms with Gasteiger partial charge >= 0.3 is 0 Å². The molecule has 0 saturated heterocycles. The van der Waals surface area contributed by atoms with Crippen LogP contribution in [0.1, 0.15) is 23.7 Å². The van der Waals surface area contributed by atoms with Gasteiger partial charge in [-0.2, -0.15) is 0 Å². The minimum absolute atomic E-state index is 0.0151. The lowest BCUT2D eigenvalue weighted by Crippen LogP contribution is -2.35. The van der Waals surface area contributed by atoms with Gasteiger partial charge in [0.1, 0.15) is 5.82 Å². The van der Waals surface area contributed by atoms with Gasteiger partial charge in [0.15, 0.2) is 0 Å². The minimum Gasteiger partial charge on any atom is -0.306 e. The summed E-state index contributed by atoms with van der Waals surface area (Å²) in [5.74, 6) is 0.673. The zero-order chi connectivity index (χ0) is 14.1. The van der Waals surface area contributed by atoms with Crippen LogP contribution in [0.2, 0.25) is 0 Å². The van der Waals surface area contributed by atoms with Crippen molar-refractivity contribution in [1.82, 2.24) is 14.9 Å². The number of benzene rings is 1. The summed E-state index contributed by atoms with van der Waals surface area (Å²) in [7, 11) is 0. The summed E-state index contributed by atoms with van der Waals surface area (Å²) in [4.78, 5) is 22.1. The standard InChI is InChI=1S/C16H19N3O/c1-3-19-9-8-13-14(10-19)17-15(18-16(13)20)12-6-4-11(2)5-7-12/h4-7H,3,8-10H2,1-2H3,(H,17,18,20). The fourth-order valence-corrected chi connectivity index (χ4v) is 2.61. The van der Waals surface area contributed by atoms with E-state index in [2.05, 4.69) is 21.8 Å². The molecule has 1 aromatic heterocycles. The van der Waals surface area contributed by atoms with E-state index in [0.29, 0.717) is 5.82 Å². The lowest BCUT2D eigenvalue weighted by molar-refractivity contribution is 0.262. The molecule has 0 bridgehead atoms. The van der Waals surface area contributed by atoms with Crippen LogP contribution in [0.25, 0.3) is 11.4 Å². The molecule has 0 saturated carbocycles. The first-order chi connectivity index (χ1) is 9.67. The van der Waals surface area contributed by atoms with Crippen molar-refractivity contribution in [3.63, 3.8) is 0 Å². The van der Waals surface area contributed by atoms with E-state index in [9.17, 15) is 4.79 Å². The predicted octanol–water partition coefficient (Wildman–Crippen LogP) is 2.12. The number of nitrogens with zero attached hydrogens (tertiary/aromatic N) is 2. The number of hydrogen-bond donors (Lipinski definition) is 1. The Morgan fingerprint density at radius 1 is 1.30 bits per heavy atom. The van der Waals surface area contributed by atoms with Gasteiger partial charge in [-0.3, -0.25) is 9.69 Å². The number of rotatable bonds is 2. The van der Waals surface area contributed by atoms with E-state index in [1.165, 1.54) is 5.56 Å². The Labute approximate surface area is 118 Å². The second-order valence-electron chi connectivity index (χ2n) is 5.32. The van der Waals surface area contributed by atoms with Gasteiger partial charge in [0.25, 0.3) is 5.56 Å². The third kappa shape index (κ3) is 2.39. The van der Waals surface area contributed by atoms with Crippen LogP contribution in [0.5, 0.6) is 0 Å². The quantitative estimate of drug-likeness (QED) is 0.908. The Balaban J connectivity index is 2.04. The SMILES string of the molecule is CCN1CCc2c(nc(-c3ccc(C)cc3)[nH]c2=O)C1. The Kier molecular flexibility index (Phi) is 3.40. The maximum absolute atomic E-state index is 12.2. The third-order valence-electron chi connectivity index (χ3n) is 3.92. The van der Waals surface area contributed by atoms with Crippen molar-refractivity contribution in [3.8, 4) is 11.4 Å². The van der Waals surface area contributed by atoms with Gasteiger partial charge in [-0.05, 0) is 19.9 Å². The van der Waals surface area contributed by atoms with Crippen molar-refractivity contribution in [3.05, 3.63) is 51.4 Å². The molecule has 1 N–H and O–H groups in total. The molecule has 0 atom stereocenters. The average molecular weight is 269 g/mol. The summed E-state index contributed by atoms with van der Waals surface area (Å²) in [6.07, 6.45) is 0.791. The number of aromatic nitrogens is 2. The average Bonchev–Trinajstić information content (AvgIpc) is 2.47. The molecule has 1 aromatic carbocycles. The van der Waals surface area contributed by atoms with Gasteiger partial charge in [0.05, 0.1) is 5.69 Å². The fourth-order valence-electron chi connectivity index (χ4n) is 2.61. The molecule has 104 valence electrons. The van der Waals surface area contributed by atoms with Crippen LogP contribution in [0, 0.1) is 6.92 Å². The fraction of sp³-hybridized carbons (Fsp3) is 0.375. The van der Waals surface area contributed by atoms with E-state index in [1.54, 1.807) is 0 Å². The number of likely N-dealkylation sites (N-methyl/N-ethyl adjacent to an activating group) is 1. The first-order valence-electron chi connectivity index (χ1n) is 7.09. The third-order valence-corrected chi connectivity index (χ3v) is 3.92. The maximum atomic E-state index is 12.2. The number of fused-ring (bicyclic) bond motifs is 1. The molecule has 2 aromatic rings. The summed E-state index contributed by atoms with van der Waals surface area (Å²) in [6, 6.07) is 8.07. The molecule has 0 unspecified atom stereocenters. The zero-order valence-electron chi connectivity index (χ0n) is 11.9. The smallest absolute Gasteiger partial charge is 0.254 e. The van der Waals surface area contributed by atoms with E-state index in [1.807, 2.05) is 31.2 Å². The van der Waals surface area contributed by atoms with Crippen LogP contribution in [0.3, 0.4) is 0 Å². The number of aryl methyl sites for hydroxylation is 1. The molecule has 0 spiro atoms. The van der Waals surface area contributed by atoms with Crippen molar-refractivity contribution < 1.29 is 0 Å². The highest BCUT2D eigenvalue weighted by Gasteiger charge is 2.20. The van der Waals surface area contributed by atoms with Gasteiger partial charge in [-0.1, -0.05) is 36.8 Å². The Morgan fingerprint density at radius 2 is 2.05 bits per heavy atom. The van der Waals surface area contributed by atoms with E-state index >= 15 is 0 Å². The van der Waals surface area contributed by atoms with Gasteiger partial charge in [-0.25, -0.2) is 4.98 Å². The Morgan fingerprint density at radius 3 is 2.75 bits per heavy atom. The van der Waals surface area contributed by atoms with Crippen LogP contribution in [-0.2, 0) is 13.0 Å². The van der Waals surface area contributed by atoms with Gasteiger partial charge in [0.2, 0.25) is 0 Å². The topological polar surface area (TPSA) is 49.0 Å². The first kappa shape index (κ1) is 13.1. The van der Waals surface area contributed by atoms with E-state index in [4.69, 9.17) is 0 Å². The van der Waals surface area contributed by atoms with Gasteiger partial charge in [0, 0.05) is 24.2 Å². The molecular formula is C16H19N3O. The van der Waals surface area contributed by atoms with Gasteiger partial charge in [-0.15, -0.1) is 0 Å². The highest BCUT2D eigenvalue weighted by atomic mass is 16.1. The molecule has 4 nitrogen and oxygen atoms in total. The molecule has 1 aliphatic rings. The van der Waals surface area contributed by atoms with E-state index in [0.717, 1.165) is 42.9 Å². The van der Waals surface area contributed by atoms with Crippen LogP contribution in [0.4, 0.5) is 0 Å². The van der Waals surface area contributed by atoms with Crippen LogP contribution >= 0.6 is 0 Å². The van der Waals surface area contributed by atoms with Crippen molar-refractivity contribution in [2.45, 2.75) is 26.8 Å². The summed E-state index contributed by atoms with van der Waals surface area (Å²) < 4.78 is 0. The number of nitrogens with one attached hydrogen (secondary N) is 1. The molecule has 3 rings (SSSR count). The molecule has 0 aliphatic carbocycles. The number of H-pyrrole nitrogens is 1. The van der Waals surface area contributed by atoms with Crippen molar-refractivity contribution >= 4 is 0 Å². The molecule has 2 heterocycles. The minimum atomic E-state index is 0.0151. The normalized spacial score (nSPS) is 15.1. The molecule has 1 aliphatic heterocycles. The Hall–Kier alpha value is -1.94. The Bertz CT molecular complexity index is 673. The number of hydrogen-bond acceptors (Lipinski definition) is 3. The predicted molar refractivity (Wildman–Crippen MR) is 79.7 cm³/mol. The molecule has 0 amide bonds.